The fraction of sp³-hybridized carbons (Fsp3) is 0.379. The molecule has 0 bridgehead atoms. The summed E-state index contributed by atoms with van der Waals surface area (Å²) in [5.74, 6) is -1.81. The predicted molar refractivity (Wildman–Crippen MR) is 128 cm³/mol. The Kier molecular flexibility index (Phi) is 7.54. The van der Waals surface area contributed by atoms with Crippen LogP contribution in [-0.4, -0.2) is 12.7 Å². The first kappa shape index (κ1) is 23.6. The van der Waals surface area contributed by atoms with E-state index in [1.165, 1.54) is 26.2 Å². The van der Waals surface area contributed by atoms with Gasteiger partial charge in [-0.15, -0.1) is 0 Å². The summed E-state index contributed by atoms with van der Waals surface area (Å²) in [6.07, 6.45) is 6.96. The maximum atomic E-state index is 15.0. The van der Waals surface area contributed by atoms with Gasteiger partial charge in [0.2, 0.25) is 0 Å². The lowest BCUT2D eigenvalue weighted by atomic mass is 9.88. The van der Waals surface area contributed by atoms with E-state index in [0.717, 1.165) is 30.4 Å². The highest BCUT2D eigenvalue weighted by Crippen LogP contribution is 2.34. The van der Waals surface area contributed by atoms with Crippen LogP contribution in [-0.2, 0) is 4.74 Å². The van der Waals surface area contributed by atoms with Gasteiger partial charge in [0.05, 0.1) is 12.7 Å². The van der Waals surface area contributed by atoms with Gasteiger partial charge in [-0.25, -0.2) is 13.2 Å². The Hall–Kier alpha value is -2.59. The number of rotatable bonds is 7. The van der Waals surface area contributed by atoms with Crippen molar-refractivity contribution in [3.05, 3.63) is 83.2 Å². The molecule has 1 saturated heterocycles. The number of unbranched alkanes of at least 4 members (excludes halogenated alkanes) is 2. The first-order valence-corrected chi connectivity index (χ1v) is 11.9. The number of benzene rings is 3. The first-order valence-electron chi connectivity index (χ1n) is 11.9. The molecule has 174 valence electrons. The lowest BCUT2D eigenvalue weighted by Gasteiger charge is -2.29. The highest BCUT2D eigenvalue weighted by molar-refractivity contribution is 5.71. The minimum Gasteiger partial charge on any atom is -0.378 e. The van der Waals surface area contributed by atoms with Gasteiger partial charge < -0.3 is 4.74 Å². The average molecular weight is 453 g/mol. The van der Waals surface area contributed by atoms with Crippen LogP contribution in [0, 0.1) is 24.4 Å². The van der Waals surface area contributed by atoms with E-state index in [-0.39, 0.29) is 22.9 Å². The monoisotopic (exact) mass is 452 g/mol. The minimum absolute atomic E-state index is 0.0864. The van der Waals surface area contributed by atoms with Crippen molar-refractivity contribution in [1.29, 1.82) is 0 Å². The molecule has 0 N–H and O–H groups in total. The molecule has 0 aliphatic carbocycles. The third-order valence-electron chi connectivity index (χ3n) is 6.74. The zero-order valence-corrected chi connectivity index (χ0v) is 19.3. The molecule has 0 amide bonds. The van der Waals surface area contributed by atoms with Gasteiger partial charge >= 0.3 is 0 Å². The normalized spacial score (nSPS) is 18.5. The molecule has 33 heavy (non-hydrogen) atoms. The Morgan fingerprint density at radius 2 is 1.55 bits per heavy atom. The molecule has 2 unspecified atom stereocenters. The molecule has 1 nitrogen and oxygen atoms in total. The third kappa shape index (κ3) is 5.33. The second-order valence-electron chi connectivity index (χ2n) is 9.10. The molecule has 0 saturated carbocycles. The number of aryl methyl sites for hydroxylation is 1. The molecule has 4 rings (SSSR count). The van der Waals surface area contributed by atoms with Crippen LogP contribution in [0.2, 0.25) is 0 Å². The molecule has 3 aromatic carbocycles. The van der Waals surface area contributed by atoms with Gasteiger partial charge in [0.15, 0.2) is 11.6 Å². The largest absolute Gasteiger partial charge is 0.378 e. The van der Waals surface area contributed by atoms with E-state index in [2.05, 4.69) is 6.92 Å². The van der Waals surface area contributed by atoms with Crippen molar-refractivity contribution in [2.24, 2.45) is 0 Å². The van der Waals surface area contributed by atoms with Crippen LogP contribution in [0.25, 0.3) is 22.3 Å². The van der Waals surface area contributed by atoms with Crippen molar-refractivity contribution in [1.82, 2.24) is 0 Å². The van der Waals surface area contributed by atoms with Crippen molar-refractivity contribution in [3.8, 4) is 22.3 Å². The van der Waals surface area contributed by atoms with Crippen molar-refractivity contribution < 1.29 is 17.9 Å². The number of ether oxygens (including phenoxy) is 1. The Labute approximate surface area is 194 Å². The van der Waals surface area contributed by atoms with E-state index >= 15 is 0 Å². The topological polar surface area (TPSA) is 9.23 Å². The van der Waals surface area contributed by atoms with Crippen LogP contribution < -0.4 is 0 Å². The maximum Gasteiger partial charge on any atom is 0.166 e. The third-order valence-corrected chi connectivity index (χ3v) is 6.74. The Morgan fingerprint density at radius 1 is 0.818 bits per heavy atom. The summed E-state index contributed by atoms with van der Waals surface area (Å²) < 4.78 is 49.3. The van der Waals surface area contributed by atoms with Crippen molar-refractivity contribution in [3.63, 3.8) is 0 Å². The second kappa shape index (κ2) is 10.6. The summed E-state index contributed by atoms with van der Waals surface area (Å²) in [5, 5.41) is 0. The van der Waals surface area contributed by atoms with Crippen molar-refractivity contribution >= 4 is 0 Å². The van der Waals surface area contributed by atoms with E-state index in [4.69, 9.17) is 4.74 Å². The lowest BCUT2D eigenvalue weighted by Crippen LogP contribution is -2.25. The van der Waals surface area contributed by atoms with Gasteiger partial charge in [-0.05, 0) is 60.1 Å². The number of halogens is 3. The molecule has 1 aliphatic rings. The van der Waals surface area contributed by atoms with E-state index in [9.17, 15) is 13.2 Å². The Bertz CT molecular complexity index is 1080. The van der Waals surface area contributed by atoms with Gasteiger partial charge in [-0.2, -0.15) is 0 Å². The number of hydrogen-bond donors (Lipinski definition) is 0. The second-order valence-corrected chi connectivity index (χ2v) is 9.10. The highest BCUT2D eigenvalue weighted by Gasteiger charge is 2.25. The van der Waals surface area contributed by atoms with Crippen molar-refractivity contribution in [2.75, 3.05) is 6.61 Å². The molecule has 2 atom stereocenters. The molecular weight excluding hydrogens is 421 g/mol. The Balaban J connectivity index is 1.45. The minimum atomic E-state index is -0.847. The zero-order valence-electron chi connectivity index (χ0n) is 19.3. The Morgan fingerprint density at radius 3 is 2.21 bits per heavy atom. The van der Waals surface area contributed by atoms with Gasteiger partial charge in [0.25, 0.3) is 0 Å². The highest BCUT2D eigenvalue weighted by atomic mass is 19.2. The van der Waals surface area contributed by atoms with E-state index in [1.54, 1.807) is 30.3 Å². The molecule has 0 aromatic heterocycles. The molecular formula is C29H31F3O. The standard InChI is InChI=1S/C29H31F3O/c1-3-4-5-6-24-14-12-23(18-33-24)25-16-13-22(17-27(25)30)20-8-10-21(11-9-20)26-15-7-19(2)28(31)29(26)32/h7-11,13,15-17,23-24H,3-6,12,14,18H2,1-2H3. The number of hydrogen-bond acceptors (Lipinski definition) is 1. The molecule has 0 spiro atoms. The smallest absolute Gasteiger partial charge is 0.166 e. The summed E-state index contributed by atoms with van der Waals surface area (Å²) in [6, 6.07) is 15.6. The maximum absolute atomic E-state index is 15.0. The predicted octanol–water partition coefficient (Wildman–Crippen LogP) is 8.59. The van der Waals surface area contributed by atoms with E-state index in [1.807, 2.05) is 24.3 Å². The van der Waals surface area contributed by atoms with Crippen molar-refractivity contribution in [2.45, 2.75) is 64.4 Å². The van der Waals surface area contributed by atoms with Crippen LogP contribution in [0.15, 0.2) is 54.6 Å². The van der Waals surface area contributed by atoms with E-state index < -0.39 is 11.6 Å². The summed E-state index contributed by atoms with van der Waals surface area (Å²) in [4.78, 5) is 0. The first-order chi connectivity index (χ1) is 16.0. The molecule has 4 heteroatoms. The molecule has 0 radical (unpaired) electrons. The zero-order chi connectivity index (χ0) is 23.4. The average Bonchev–Trinajstić information content (AvgIpc) is 2.83. The molecule has 3 aromatic rings. The van der Waals surface area contributed by atoms with Gasteiger partial charge in [0, 0.05) is 11.5 Å². The summed E-state index contributed by atoms with van der Waals surface area (Å²) in [6.45, 7) is 4.30. The summed E-state index contributed by atoms with van der Waals surface area (Å²) >= 11 is 0. The molecule has 1 heterocycles. The van der Waals surface area contributed by atoms with Crippen LogP contribution in [0.4, 0.5) is 13.2 Å². The van der Waals surface area contributed by atoms with Gasteiger partial charge in [0.1, 0.15) is 5.82 Å². The fourth-order valence-corrected chi connectivity index (χ4v) is 4.65. The summed E-state index contributed by atoms with van der Waals surface area (Å²) in [7, 11) is 0. The molecule has 1 aliphatic heterocycles. The van der Waals surface area contributed by atoms with Crippen LogP contribution in [0.1, 0.15) is 62.5 Å². The van der Waals surface area contributed by atoms with Crippen LogP contribution >= 0.6 is 0 Å². The van der Waals surface area contributed by atoms with Gasteiger partial charge in [-0.1, -0.05) is 74.7 Å². The van der Waals surface area contributed by atoms with Crippen LogP contribution in [0.3, 0.4) is 0 Å². The fourth-order valence-electron chi connectivity index (χ4n) is 4.65. The molecule has 1 fully saturated rings. The SMILES string of the molecule is CCCCCC1CCC(c2ccc(-c3ccc(-c4ccc(C)c(F)c4F)cc3)cc2F)CO1. The lowest BCUT2D eigenvalue weighted by molar-refractivity contribution is -0.00267. The van der Waals surface area contributed by atoms with Crippen LogP contribution in [0.5, 0.6) is 0 Å². The van der Waals surface area contributed by atoms with Gasteiger partial charge in [-0.3, -0.25) is 0 Å². The quantitative estimate of drug-likeness (QED) is 0.326. The van der Waals surface area contributed by atoms with E-state index in [0.29, 0.717) is 23.8 Å². The summed E-state index contributed by atoms with van der Waals surface area (Å²) in [5.41, 5.74) is 3.37.